The summed E-state index contributed by atoms with van der Waals surface area (Å²) in [6.07, 6.45) is 3.82. The van der Waals surface area contributed by atoms with E-state index in [4.69, 9.17) is 5.73 Å². The summed E-state index contributed by atoms with van der Waals surface area (Å²) in [6, 6.07) is -0.418. The van der Waals surface area contributed by atoms with Crippen molar-refractivity contribution in [3.05, 3.63) is 0 Å². The van der Waals surface area contributed by atoms with E-state index in [2.05, 4.69) is 17.6 Å². The molecule has 1 aliphatic heterocycles. The lowest BCUT2D eigenvalue weighted by molar-refractivity contribution is 0.243. The molecule has 0 spiro atoms. The van der Waals surface area contributed by atoms with Crippen molar-refractivity contribution < 1.29 is 4.79 Å². The number of hydrogen-bond donors (Lipinski definition) is 3. The largest absolute Gasteiger partial charge is 0.352 e. The van der Waals surface area contributed by atoms with E-state index in [9.17, 15) is 4.79 Å². The zero-order valence-electron chi connectivity index (χ0n) is 8.88. The Balaban J connectivity index is 2.26. The first-order valence-corrected chi connectivity index (χ1v) is 5.44. The summed E-state index contributed by atoms with van der Waals surface area (Å²) >= 11 is 0. The van der Waals surface area contributed by atoms with Gasteiger partial charge >= 0.3 is 6.03 Å². The van der Waals surface area contributed by atoms with Crippen LogP contribution in [-0.4, -0.2) is 25.7 Å². The lowest BCUT2D eigenvalue weighted by Crippen LogP contribution is -2.37. The van der Waals surface area contributed by atoms with E-state index >= 15 is 0 Å². The van der Waals surface area contributed by atoms with Crippen LogP contribution < -0.4 is 16.4 Å². The number of rotatable bonds is 3. The van der Waals surface area contributed by atoms with Crippen LogP contribution in [-0.2, 0) is 0 Å². The van der Waals surface area contributed by atoms with E-state index in [0.717, 1.165) is 13.1 Å². The highest BCUT2D eigenvalue weighted by molar-refractivity contribution is 5.71. The molecule has 2 amide bonds. The van der Waals surface area contributed by atoms with Crippen molar-refractivity contribution in [1.29, 1.82) is 0 Å². The van der Waals surface area contributed by atoms with Crippen LogP contribution in [0.15, 0.2) is 0 Å². The molecule has 4 heteroatoms. The molecule has 0 aromatic rings. The Morgan fingerprint density at radius 1 is 1.64 bits per heavy atom. The summed E-state index contributed by atoms with van der Waals surface area (Å²) in [5.41, 5.74) is 5.04. The maximum Gasteiger partial charge on any atom is 0.312 e. The van der Waals surface area contributed by atoms with Crippen LogP contribution in [0.1, 0.15) is 26.2 Å². The number of primary amides is 1. The molecule has 4 nitrogen and oxygen atoms in total. The molecule has 1 heterocycles. The van der Waals surface area contributed by atoms with Crippen molar-refractivity contribution in [3.63, 3.8) is 0 Å². The van der Waals surface area contributed by atoms with Gasteiger partial charge < -0.3 is 16.4 Å². The van der Waals surface area contributed by atoms with Crippen LogP contribution in [0.5, 0.6) is 0 Å². The SMILES string of the molecule is CC(CNC(N)=O)C1CCCCNC1. The molecular formula is C10H21N3O. The molecule has 1 rings (SSSR count). The van der Waals surface area contributed by atoms with Gasteiger partial charge in [-0.2, -0.15) is 0 Å². The molecular weight excluding hydrogens is 178 g/mol. The maximum absolute atomic E-state index is 10.5. The molecule has 0 aliphatic carbocycles. The van der Waals surface area contributed by atoms with Gasteiger partial charge in [0.15, 0.2) is 0 Å². The van der Waals surface area contributed by atoms with Crippen LogP contribution in [0.3, 0.4) is 0 Å². The van der Waals surface area contributed by atoms with E-state index in [-0.39, 0.29) is 0 Å². The Kier molecular flexibility index (Phi) is 4.73. The average molecular weight is 199 g/mol. The van der Waals surface area contributed by atoms with E-state index in [1.807, 2.05) is 0 Å². The predicted molar refractivity (Wildman–Crippen MR) is 57.0 cm³/mol. The smallest absolute Gasteiger partial charge is 0.312 e. The van der Waals surface area contributed by atoms with Crippen molar-refractivity contribution in [1.82, 2.24) is 10.6 Å². The fourth-order valence-corrected chi connectivity index (χ4v) is 1.96. The van der Waals surface area contributed by atoms with Gasteiger partial charge in [0.1, 0.15) is 0 Å². The first-order valence-electron chi connectivity index (χ1n) is 5.44. The minimum Gasteiger partial charge on any atom is -0.352 e. The molecule has 82 valence electrons. The Morgan fingerprint density at radius 3 is 3.14 bits per heavy atom. The van der Waals surface area contributed by atoms with E-state index < -0.39 is 6.03 Å². The second kappa shape index (κ2) is 5.86. The van der Waals surface area contributed by atoms with Crippen LogP contribution >= 0.6 is 0 Å². The summed E-state index contributed by atoms with van der Waals surface area (Å²) in [5.74, 6) is 1.18. The Hall–Kier alpha value is -0.770. The minimum absolute atomic E-state index is 0.418. The van der Waals surface area contributed by atoms with E-state index in [1.165, 1.54) is 19.3 Å². The molecule has 0 bridgehead atoms. The molecule has 2 unspecified atom stereocenters. The molecule has 2 atom stereocenters. The van der Waals surface area contributed by atoms with Crippen molar-refractivity contribution in [2.24, 2.45) is 17.6 Å². The fourth-order valence-electron chi connectivity index (χ4n) is 1.96. The summed E-state index contributed by atoms with van der Waals surface area (Å²) < 4.78 is 0. The normalized spacial score (nSPS) is 25.1. The molecule has 4 N–H and O–H groups in total. The van der Waals surface area contributed by atoms with Crippen LogP contribution in [0, 0.1) is 11.8 Å². The van der Waals surface area contributed by atoms with Crippen LogP contribution in [0.25, 0.3) is 0 Å². The van der Waals surface area contributed by atoms with Crippen molar-refractivity contribution in [2.45, 2.75) is 26.2 Å². The van der Waals surface area contributed by atoms with Crippen molar-refractivity contribution in [3.8, 4) is 0 Å². The van der Waals surface area contributed by atoms with Crippen molar-refractivity contribution >= 4 is 6.03 Å². The number of amides is 2. The quantitative estimate of drug-likeness (QED) is 0.625. The maximum atomic E-state index is 10.5. The summed E-state index contributed by atoms with van der Waals surface area (Å²) in [4.78, 5) is 10.5. The van der Waals surface area contributed by atoms with Gasteiger partial charge in [-0.25, -0.2) is 4.79 Å². The van der Waals surface area contributed by atoms with Gasteiger partial charge in [-0.05, 0) is 37.8 Å². The molecule has 1 fully saturated rings. The van der Waals surface area contributed by atoms with Crippen LogP contribution in [0.2, 0.25) is 0 Å². The van der Waals surface area contributed by atoms with Crippen molar-refractivity contribution in [2.75, 3.05) is 19.6 Å². The zero-order valence-corrected chi connectivity index (χ0v) is 8.88. The summed E-state index contributed by atoms with van der Waals surface area (Å²) in [5, 5.41) is 6.10. The molecule has 0 saturated carbocycles. The first-order chi connectivity index (χ1) is 6.70. The molecule has 0 aromatic heterocycles. The monoisotopic (exact) mass is 199 g/mol. The average Bonchev–Trinajstić information content (AvgIpc) is 2.42. The Bertz CT molecular complexity index is 176. The number of carbonyl (C=O) groups is 1. The van der Waals surface area contributed by atoms with Gasteiger partial charge in [0.25, 0.3) is 0 Å². The third-order valence-corrected chi connectivity index (χ3v) is 2.99. The van der Waals surface area contributed by atoms with Gasteiger partial charge in [-0.3, -0.25) is 0 Å². The number of nitrogens with two attached hydrogens (primary N) is 1. The Morgan fingerprint density at radius 2 is 2.43 bits per heavy atom. The highest BCUT2D eigenvalue weighted by Crippen LogP contribution is 2.19. The zero-order chi connectivity index (χ0) is 10.4. The van der Waals surface area contributed by atoms with Gasteiger partial charge in [-0.1, -0.05) is 13.3 Å². The van der Waals surface area contributed by atoms with Gasteiger partial charge in [0.2, 0.25) is 0 Å². The highest BCUT2D eigenvalue weighted by atomic mass is 16.2. The van der Waals surface area contributed by atoms with E-state index in [1.54, 1.807) is 0 Å². The lowest BCUT2D eigenvalue weighted by Gasteiger charge is -2.22. The summed E-state index contributed by atoms with van der Waals surface area (Å²) in [7, 11) is 0. The standard InChI is InChI=1S/C10H21N3O/c1-8(6-13-10(11)14)9-4-2-3-5-12-7-9/h8-9,12H,2-7H2,1H3,(H3,11,13,14). The number of carbonyl (C=O) groups excluding carboxylic acids is 1. The molecule has 1 aliphatic rings. The second-order valence-electron chi connectivity index (χ2n) is 4.18. The molecule has 0 radical (unpaired) electrons. The molecule has 14 heavy (non-hydrogen) atoms. The first kappa shape index (κ1) is 11.3. The number of urea groups is 1. The Labute approximate surface area is 85.6 Å². The fraction of sp³-hybridized carbons (Fsp3) is 0.900. The van der Waals surface area contributed by atoms with Gasteiger partial charge in [0, 0.05) is 6.54 Å². The summed E-state index contributed by atoms with van der Waals surface area (Å²) in [6.45, 7) is 5.07. The number of hydrogen-bond acceptors (Lipinski definition) is 2. The predicted octanol–water partition coefficient (Wildman–Crippen LogP) is 0.680. The highest BCUT2D eigenvalue weighted by Gasteiger charge is 2.18. The van der Waals surface area contributed by atoms with Gasteiger partial charge in [-0.15, -0.1) is 0 Å². The second-order valence-corrected chi connectivity index (χ2v) is 4.18. The third-order valence-electron chi connectivity index (χ3n) is 2.99. The third kappa shape index (κ3) is 3.96. The van der Waals surface area contributed by atoms with Gasteiger partial charge in [0.05, 0.1) is 0 Å². The molecule has 1 saturated heterocycles. The lowest BCUT2D eigenvalue weighted by atomic mass is 9.90. The van der Waals surface area contributed by atoms with Crippen LogP contribution in [0.4, 0.5) is 4.79 Å². The number of nitrogens with one attached hydrogen (secondary N) is 2. The minimum atomic E-state index is -0.418. The molecule has 0 aromatic carbocycles. The topological polar surface area (TPSA) is 67.1 Å². The van der Waals surface area contributed by atoms with E-state index in [0.29, 0.717) is 18.4 Å².